The first-order valence-electron chi connectivity index (χ1n) is 7.67. The molecule has 0 saturated carbocycles. The molecule has 0 amide bonds. The Bertz CT molecular complexity index is 602. The predicted molar refractivity (Wildman–Crippen MR) is 84.9 cm³/mol. The fourth-order valence-electron chi connectivity index (χ4n) is 3.32. The largest absolute Gasteiger partial charge is 0.380 e. The van der Waals surface area contributed by atoms with Gasteiger partial charge in [0.15, 0.2) is 0 Å². The highest BCUT2D eigenvalue weighted by atomic mass is 32.1. The Kier molecular flexibility index (Phi) is 3.75. The van der Waals surface area contributed by atoms with Gasteiger partial charge >= 0.3 is 0 Å². The highest BCUT2D eigenvalue weighted by Crippen LogP contribution is 2.26. The third kappa shape index (κ3) is 2.75. The number of anilines is 1. The van der Waals surface area contributed by atoms with Gasteiger partial charge in [0.1, 0.15) is 17.0 Å². The van der Waals surface area contributed by atoms with Gasteiger partial charge in [-0.3, -0.25) is 4.90 Å². The number of rotatable bonds is 3. The summed E-state index contributed by atoms with van der Waals surface area (Å²) < 4.78 is 5.50. The summed E-state index contributed by atoms with van der Waals surface area (Å²) in [5, 5.41) is 6.84. The molecule has 2 saturated heterocycles. The standard InChI is InChI=1S/C15H20N4OS/c1-5-19(12-3-7-20-9-12)6-2-11(1)18-14-13-4-8-21-15(13)17-10-16-14/h4,8,10-12H,1-3,5-7,9H2,(H,16,17,18). The van der Waals surface area contributed by atoms with Crippen LogP contribution >= 0.6 is 11.3 Å². The smallest absolute Gasteiger partial charge is 0.138 e. The van der Waals surface area contributed by atoms with Crippen LogP contribution in [0.2, 0.25) is 0 Å². The van der Waals surface area contributed by atoms with Gasteiger partial charge in [0.25, 0.3) is 0 Å². The maximum Gasteiger partial charge on any atom is 0.138 e. The fourth-order valence-corrected chi connectivity index (χ4v) is 4.05. The normalized spacial score (nSPS) is 24.7. The lowest BCUT2D eigenvalue weighted by Crippen LogP contribution is -2.44. The molecule has 2 aliphatic heterocycles. The summed E-state index contributed by atoms with van der Waals surface area (Å²) in [5.41, 5.74) is 0. The molecule has 4 heterocycles. The minimum Gasteiger partial charge on any atom is -0.380 e. The van der Waals surface area contributed by atoms with Gasteiger partial charge in [-0.15, -0.1) is 11.3 Å². The molecule has 0 spiro atoms. The third-order valence-electron chi connectivity index (χ3n) is 4.55. The first-order chi connectivity index (χ1) is 10.4. The number of aromatic nitrogens is 2. The number of ether oxygens (including phenoxy) is 1. The predicted octanol–water partition coefficient (Wildman–Crippen LogP) is 2.36. The van der Waals surface area contributed by atoms with Crippen molar-refractivity contribution in [1.82, 2.24) is 14.9 Å². The van der Waals surface area contributed by atoms with E-state index in [0.29, 0.717) is 12.1 Å². The van der Waals surface area contributed by atoms with Crippen molar-refractivity contribution >= 4 is 27.4 Å². The lowest BCUT2D eigenvalue weighted by Gasteiger charge is -2.35. The molecule has 5 nitrogen and oxygen atoms in total. The summed E-state index contributed by atoms with van der Waals surface area (Å²) >= 11 is 1.67. The summed E-state index contributed by atoms with van der Waals surface area (Å²) in [6, 6.07) is 3.27. The van der Waals surface area contributed by atoms with Crippen LogP contribution < -0.4 is 5.32 Å². The fraction of sp³-hybridized carbons (Fsp3) is 0.600. The average Bonchev–Trinajstić information content (AvgIpc) is 3.20. The van der Waals surface area contributed by atoms with Gasteiger partial charge in [0.05, 0.1) is 12.0 Å². The Balaban J connectivity index is 1.39. The molecule has 4 rings (SSSR count). The van der Waals surface area contributed by atoms with Crippen molar-refractivity contribution in [2.45, 2.75) is 31.3 Å². The van der Waals surface area contributed by atoms with Crippen molar-refractivity contribution in [3.05, 3.63) is 17.8 Å². The van der Waals surface area contributed by atoms with E-state index in [1.165, 1.54) is 19.3 Å². The monoisotopic (exact) mass is 304 g/mol. The van der Waals surface area contributed by atoms with Gasteiger partial charge in [-0.1, -0.05) is 0 Å². The van der Waals surface area contributed by atoms with Gasteiger partial charge < -0.3 is 10.1 Å². The van der Waals surface area contributed by atoms with Crippen molar-refractivity contribution in [2.75, 3.05) is 31.6 Å². The van der Waals surface area contributed by atoms with Crippen LogP contribution in [0.4, 0.5) is 5.82 Å². The number of likely N-dealkylation sites (tertiary alicyclic amines) is 1. The molecule has 0 radical (unpaired) electrons. The number of hydrogen-bond donors (Lipinski definition) is 1. The number of nitrogens with one attached hydrogen (secondary N) is 1. The van der Waals surface area contributed by atoms with Crippen LogP contribution in [0.15, 0.2) is 17.8 Å². The van der Waals surface area contributed by atoms with Crippen molar-refractivity contribution in [1.29, 1.82) is 0 Å². The molecule has 112 valence electrons. The Morgan fingerprint density at radius 3 is 2.95 bits per heavy atom. The van der Waals surface area contributed by atoms with Crippen LogP contribution in [0.1, 0.15) is 19.3 Å². The summed E-state index contributed by atoms with van der Waals surface area (Å²) in [4.78, 5) is 12.4. The highest BCUT2D eigenvalue weighted by molar-refractivity contribution is 7.16. The molecule has 6 heteroatoms. The van der Waals surface area contributed by atoms with Gasteiger partial charge in [-0.25, -0.2) is 9.97 Å². The summed E-state index contributed by atoms with van der Waals surface area (Å²) in [5.74, 6) is 0.990. The molecular formula is C15H20N4OS. The highest BCUT2D eigenvalue weighted by Gasteiger charge is 2.27. The van der Waals surface area contributed by atoms with E-state index in [1.807, 2.05) is 0 Å². The molecule has 1 N–H and O–H groups in total. The van der Waals surface area contributed by atoms with E-state index < -0.39 is 0 Å². The minimum atomic E-state index is 0.515. The maximum absolute atomic E-state index is 5.50. The Morgan fingerprint density at radius 1 is 1.24 bits per heavy atom. The molecule has 0 aliphatic carbocycles. The molecule has 2 fully saturated rings. The van der Waals surface area contributed by atoms with Crippen molar-refractivity contribution < 1.29 is 4.74 Å². The molecule has 2 aromatic heterocycles. The molecule has 1 unspecified atom stereocenters. The van der Waals surface area contributed by atoms with E-state index in [0.717, 1.165) is 42.3 Å². The van der Waals surface area contributed by atoms with Gasteiger partial charge in [-0.2, -0.15) is 0 Å². The third-order valence-corrected chi connectivity index (χ3v) is 5.37. The molecular weight excluding hydrogens is 284 g/mol. The minimum absolute atomic E-state index is 0.515. The summed E-state index contributed by atoms with van der Waals surface area (Å²) in [7, 11) is 0. The topological polar surface area (TPSA) is 50.3 Å². The SMILES string of the molecule is c1nc(NC2CCN(C3CCOC3)CC2)c2ccsc2n1. The Morgan fingerprint density at radius 2 is 2.14 bits per heavy atom. The number of hydrogen-bond acceptors (Lipinski definition) is 6. The van der Waals surface area contributed by atoms with E-state index in [-0.39, 0.29) is 0 Å². The Labute approximate surface area is 128 Å². The first-order valence-corrected chi connectivity index (χ1v) is 8.54. The second-order valence-electron chi connectivity index (χ2n) is 5.83. The number of piperidine rings is 1. The van der Waals surface area contributed by atoms with Crippen molar-refractivity contribution in [2.24, 2.45) is 0 Å². The molecule has 1 atom stereocenters. The van der Waals surface area contributed by atoms with Crippen LogP contribution in [-0.4, -0.2) is 53.3 Å². The molecule has 21 heavy (non-hydrogen) atoms. The molecule has 0 aromatic carbocycles. The van der Waals surface area contributed by atoms with E-state index in [1.54, 1.807) is 17.7 Å². The number of fused-ring (bicyclic) bond motifs is 1. The van der Waals surface area contributed by atoms with Gasteiger partial charge in [-0.05, 0) is 30.7 Å². The van der Waals surface area contributed by atoms with Gasteiger partial charge in [0, 0.05) is 31.8 Å². The van der Waals surface area contributed by atoms with Gasteiger partial charge in [0.2, 0.25) is 0 Å². The Hall–Kier alpha value is -1.24. The summed E-state index contributed by atoms with van der Waals surface area (Å²) in [6.45, 7) is 4.16. The molecule has 2 aromatic rings. The van der Waals surface area contributed by atoms with Crippen LogP contribution in [0.5, 0.6) is 0 Å². The molecule has 0 bridgehead atoms. The van der Waals surface area contributed by atoms with E-state index >= 15 is 0 Å². The zero-order valence-electron chi connectivity index (χ0n) is 12.0. The lowest BCUT2D eigenvalue weighted by atomic mass is 10.0. The summed E-state index contributed by atoms with van der Waals surface area (Å²) in [6.07, 6.45) is 5.20. The quantitative estimate of drug-likeness (QED) is 0.943. The number of nitrogens with zero attached hydrogens (tertiary/aromatic N) is 3. The van der Waals surface area contributed by atoms with E-state index in [9.17, 15) is 0 Å². The van der Waals surface area contributed by atoms with Crippen molar-refractivity contribution in [3.8, 4) is 0 Å². The maximum atomic E-state index is 5.50. The van der Waals surface area contributed by atoms with Crippen molar-refractivity contribution in [3.63, 3.8) is 0 Å². The zero-order valence-corrected chi connectivity index (χ0v) is 12.8. The van der Waals surface area contributed by atoms with E-state index in [4.69, 9.17) is 4.74 Å². The van der Waals surface area contributed by atoms with Crippen LogP contribution in [-0.2, 0) is 4.74 Å². The molecule has 2 aliphatic rings. The second-order valence-corrected chi connectivity index (χ2v) is 6.73. The van der Waals surface area contributed by atoms with Crippen LogP contribution in [0.25, 0.3) is 10.2 Å². The number of thiophene rings is 1. The lowest BCUT2D eigenvalue weighted by molar-refractivity contribution is 0.124. The first kappa shape index (κ1) is 13.4. The van der Waals surface area contributed by atoms with Crippen LogP contribution in [0.3, 0.4) is 0 Å². The van der Waals surface area contributed by atoms with Crippen LogP contribution in [0, 0.1) is 0 Å². The van der Waals surface area contributed by atoms with E-state index in [2.05, 4.69) is 31.6 Å². The zero-order chi connectivity index (χ0) is 14.1. The second kappa shape index (κ2) is 5.87. The average molecular weight is 304 g/mol.